The molecule has 0 bridgehead atoms. The number of benzene rings is 1. The van der Waals surface area contributed by atoms with E-state index in [1.807, 2.05) is 4.57 Å². The minimum atomic E-state index is -1.11. The van der Waals surface area contributed by atoms with Gasteiger partial charge in [0.1, 0.15) is 5.75 Å². The SMILES string of the molecule is COc1ccc2c(c1)N=C(C(=O)O)C2=Cc1sc(=S)n(C2CCCCC2)c1O. The number of carboxylic acids is 1. The molecule has 2 N–H and O–H groups in total. The standard InChI is InChI=1S/C20H20N2O4S2/c1-26-12-7-8-13-14(17(19(24)25)21-15(13)9-12)10-16-18(23)22(20(27)28-16)11-5-3-2-4-6-11/h7-11,23H,2-6H2,1H3,(H,24,25). The molecule has 8 heteroatoms. The Morgan fingerprint density at radius 2 is 2.11 bits per heavy atom. The fourth-order valence-electron chi connectivity index (χ4n) is 3.86. The zero-order valence-electron chi connectivity index (χ0n) is 15.3. The van der Waals surface area contributed by atoms with Gasteiger partial charge in [-0.1, -0.05) is 19.3 Å². The van der Waals surface area contributed by atoms with Crippen molar-refractivity contribution in [3.63, 3.8) is 0 Å². The molecule has 4 rings (SSSR count). The molecule has 146 valence electrons. The molecule has 1 fully saturated rings. The first-order valence-corrected chi connectivity index (χ1v) is 10.4. The van der Waals surface area contributed by atoms with Crippen molar-refractivity contribution in [2.45, 2.75) is 38.1 Å². The normalized spacial score (nSPS) is 18.2. The number of carboxylic acid groups (broad SMARTS) is 1. The summed E-state index contributed by atoms with van der Waals surface area (Å²) in [6, 6.07) is 5.46. The minimum absolute atomic E-state index is 0.0498. The number of methoxy groups -OCH3 is 1. The molecular weight excluding hydrogens is 396 g/mol. The number of carbonyl (C=O) groups is 1. The van der Waals surface area contributed by atoms with E-state index in [0.29, 0.717) is 31.4 Å². The largest absolute Gasteiger partial charge is 0.497 e. The maximum Gasteiger partial charge on any atom is 0.355 e. The highest BCUT2D eigenvalue weighted by atomic mass is 32.1. The number of aliphatic imine (C=N–C) groups is 1. The van der Waals surface area contributed by atoms with Crippen molar-refractivity contribution >= 4 is 52.6 Å². The van der Waals surface area contributed by atoms with E-state index in [2.05, 4.69) is 4.99 Å². The van der Waals surface area contributed by atoms with E-state index in [-0.39, 0.29) is 17.6 Å². The van der Waals surface area contributed by atoms with Crippen molar-refractivity contribution in [1.82, 2.24) is 4.57 Å². The van der Waals surface area contributed by atoms with Gasteiger partial charge in [0.05, 0.1) is 17.7 Å². The Morgan fingerprint density at radius 1 is 1.36 bits per heavy atom. The Balaban J connectivity index is 1.80. The van der Waals surface area contributed by atoms with Gasteiger partial charge >= 0.3 is 5.97 Å². The number of fused-ring (bicyclic) bond motifs is 1. The molecule has 0 amide bonds. The number of hydrogen-bond donors (Lipinski definition) is 2. The third-order valence-electron chi connectivity index (χ3n) is 5.24. The van der Waals surface area contributed by atoms with Crippen LogP contribution in [0.2, 0.25) is 0 Å². The summed E-state index contributed by atoms with van der Waals surface area (Å²) in [7, 11) is 1.55. The van der Waals surface area contributed by atoms with Gasteiger partial charge in [-0.15, -0.1) is 11.3 Å². The average Bonchev–Trinajstić information content (AvgIpc) is 3.19. The molecule has 1 aliphatic heterocycles. The lowest BCUT2D eigenvalue weighted by Gasteiger charge is -2.23. The molecule has 1 aliphatic carbocycles. The molecule has 2 aliphatic rings. The molecule has 1 saturated carbocycles. The van der Waals surface area contributed by atoms with Gasteiger partial charge in [-0.05, 0) is 43.3 Å². The summed E-state index contributed by atoms with van der Waals surface area (Å²) >= 11 is 6.80. The van der Waals surface area contributed by atoms with Gasteiger partial charge < -0.3 is 14.9 Å². The Hall–Kier alpha value is -2.45. The van der Waals surface area contributed by atoms with Gasteiger partial charge in [-0.25, -0.2) is 9.79 Å². The first kappa shape index (κ1) is 18.9. The second-order valence-electron chi connectivity index (χ2n) is 6.92. The number of thiazole rings is 1. The van der Waals surface area contributed by atoms with Crippen LogP contribution in [-0.4, -0.2) is 33.6 Å². The molecular formula is C20H20N2O4S2. The lowest BCUT2D eigenvalue weighted by atomic mass is 9.95. The summed E-state index contributed by atoms with van der Waals surface area (Å²) < 4.78 is 7.64. The minimum Gasteiger partial charge on any atom is -0.497 e. The van der Waals surface area contributed by atoms with Crippen LogP contribution in [0.4, 0.5) is 5.69 Å². The van der Waals surface area contributed by atoms with Crippen LogP contribution >= 0.6 is 23.6 Å². The monoisotopic (exact) mass is 416 g/mol. The lowest BCUT2D eigenvalue weighted by Crippen LogP contribution is -2.12. The number of aromatic nitrogens is 1. The van der Waals surface area contributed by atoms with E-state index >= 15 is 0 Å². The number of hydrogen-bond acceptors (Lipinski definition) is 6. The predicted molar refractivity (Wildman–Crippen MR) is 113 cm³/mol. The molecule has 1 aromatic heterocycles. The topological polar surface area (TPSA) is 84.0 Å². The van der Waals surface area contributed by atoms with E-state index in [0.717, 1.165) is 25.7 Å². The maximum absolute atomic E-state index is 11.7. The summed E-state index contributed by atoms with van der Waals surface area (Å²) in [6.07, 6.45) is 7.15. The van der Waals surface area contributed by atoms with Gasteiger partial charge in [-0.3, -0.25) is 4.57 Å². The quantitative estimate of drug-likeness (QED) is 0.669. The van der Waals surface area contributed by atoms with Crippen molar-refractivity contribution in [2.75, 3.05) is 7.11 Å². The highest BCUT2D eigenvalue weighted by Crippen LogP contribution is 2.42. The number of aromatic hydroxyl groups is 1. The number of aliphatic carboxylic acids is 1. The second-order valence-corrected chi connectivity index (χ2v) is 8.60. The van der Waals surface area contributed by atoms with Gasteiger partial charge in [0.2, 0.25) is 5.88 Å². The summed E-state index contributed by atoms with van der Waals surface area (Å²) in [5, 5.41) is 20.4. The third kappa shape index (κ3) is 3.27. The zero-order chi connectivity index (χ0) is 19.8. The molecule has 2 aromatic rings. The van der Waals surface area contributed by atoms with Gasteiger partial charge in [0.15, 0.2) is 9.67 Å². The average molecular weight is 417 g/mol. The van der Waals surface area contributed by atoms with Crippen LogP contribution in [0.15, 0.2) is 23.2 Å². The summed E-state index contributed by atoms with van der Waals surface area (Å²) in [4.78, 5) is 16.5. The van der Waals surface area contributed by atoms with Crippen LogP contribution in [0.1, 0.15) is 48.6 Å². The zero-order valence-corrected chi connectivity index (χ0v) is 17.0. The third-order valence-corrected chi connectivity index (χ3v) is 6.58. The van der Waals surface area contributed by atoms with Gasteiger partial charge in [0.25, 0.3) is 0 Å². The molecule has 0 unspecified atom stereocenters. The highest BCUT2D eigenvalue weighted by Gasteiger charge is 2.28. The second kappa shape index (κ2) is 7.52. The Labute approximate surface area is 171 Å². The van der Waals surface area contributed by atoms with E-state index < -0.39 is 5.97 Å². The predicted octanol–water partition coefficient (Wildman–Crippen LogP) is 5.21. The van der Waals surface area contributed by atoms with Crippen molar-refractivity contribution in [3.05, 3.63) is 32.6 Å². The molecule has 0 spiro atoms. The van der Waals surface area contributed by atoms with Crippen molar-refractivity contribution in [3.8, 4) is 11.6 Å². The summed E-state index contributed by atoms with van der Waals surface area (Å²) in [5.41, 5.74) is 1.65. The van der Waals surface area contributed by atoms with E-state index in [4.69, 9.17) is 17.0 Å². The molecule has 0 radical (unpaired) electrons. The van der Waals surface area contributed by atoms with E-state index in [1.165, 1.54) is 17.8 Å². The van der Waals surface area contributed by atoms with Crippen molar-refractivity contribution < 1.29 is 19.7 Å². The van der Waals surface area contributed by atoms with Crippen LogP contribution in [0.25, 0.3) is 11.6 Å². The van der Waals surface area contributed by atoms with Crippen LogP contribution in [0.3, 0.4) is 0 Å². The summed E-state index contributed by atoms with van der Waals surface area (Å²) in [5.74, 6) is -0.396. The highest BCUT2D eigenvalue weighted by molar-refractivity contribution is 7.73. The van der Waals surface area contributed by atoms with Gasteiger partial charge in [0, 0.05) is 23.2 Å². The molecule has 6 nitrogen and oxygen atoms in total. The van der Waals surface area contributed by atoms with E-state index in [1.54, 1.807) is 31.4 Å². The Bertz CT molecular complexity index is 1060. The molecule has 0 atom stereocenters. The number of ether oxygens (including phenoxy) is 1. The van der Waals surface area contributed by atoms with Crippen LogP contribution < -0.4 is 4.74 Å². The first-order valence-electron chi connectivity index (χ1n) is 9.16. The molecule has 2 heterocycles. The fraction of sp³-hybridized carbons (Fsp3) is 0.350. The summed E-state index contributed by atoms with van der Waals surface area (Å²) in [6.45, 7) is 0. The number of rotatable bonds is 4. The lowest BCUT2D eigenvalue weighted by molar-refractivity contribution is -0.129. The van der Waals surface area contributed by atoms with Crippen LogP contribution in [-0.2, 0) is 4.79 Å². The Morgan fingerprint density at radius 3 is 2.79 bits per heavy atom. The van der Waals surface area contributed by atoms with Gasteiger partial charge in [-0.2, -0.15) is 0 Å². The van der Waals surface area contributed by atoms with Crippen molar-refractivity contribution in [1.29, 1.82) is 0 Å². The fourth-order valence-corrected chi connectivity index (χ4v) is 5.25. The van der Waals surface area contributed by atoms with Crippen LogP contribution in [0, 0.1) is 3.95 Å². The molecule has 28 heavy (non-hydrogen) atoms. The molecule has 0 saturated heterocycles. The molecule has 1 aromatic carbocycles. The van der Waals surface area contributed by atoms with E-state index in [9.17, 15) is 15.0 Å². The first-order chi connectivity index (χ1) is 13.5. The smallest absolute Gasteiger partial charge is 0.355 e. The maximum atomic E-state index is 11.7. The van der Waals surface area contributed by atoms with Crippen molar-refractivity contribution in [2.24, 2.45) is 4.99 Å². The van der Waals surface area contributed by atoms with Crippen LogP contribution in [0.5, 0.6) is 11.6 Å². The number of nitrogens with zero attached hydrogens (tertiary/aromatic N) is 2. The Kier molecular flexibility index (Phi) is 5.07.